The second kappa shape index (κ2) is 9.87. The molecule has 0 saturated carbocycles. The first-order valence-electron chi connectivity index (χ1n) is 9.86. The van der Waals surface area contributed by atoms with Crippen LogP contribution >= 0.6 is 23.4 Å². The van der Waals surface area contributed by atoms with Crippen molar-refractivity contribution in [3.63, 3.8) is 0 Å². The van der Waals surface area contributed by atoms with Crippen molar-refractivity contribution >= 4 is 33.4 Å². The van der Waals surface area contributed by atoms with Crippen LogP contribution in [0.3, 0.4) is 0 Å². The van der Waals surface area contributed by atoms with Crippen molar-refractivity contribution < 1.29 is 8.42 Å². The minimum absolute atomic E-state index is 0.195. The number of thioether (sulfide) groups is 1. The SMILES string of the molecule is Cn1c(S[C@@H](CNS(=O)(=O)c2ccccc2)c2ccccc2)nnc1-c1ccccc1Cl. The monoisotopic (exact) mass is 484 g/mol. The first-order valence-corrected chi connectivity index (χ1v) is 12.6. The highest BCUT2D eigenvalue weighted by Gasteiger charge is 2.22. The van der Waals surface area contributed by atoms with E-state index < -0.39 is 10.0 Å². The molecule has 0 aliphatic rings. The van der Waals surface area contributed by atoms with Crippen molar-refractivity contribution in [1.82, 2.24) is 19.5 Å². The molecule has 1 aromatic heterocycles. The van der Waals surface area contributed by atoms with Gasteiger partial charge in [0.1, 0.15) is 0 Å². The lowest BCUT2D eigenvalue weighted by molar-refractivity contribution is 0.581. The summed E-state index contributed by atoms with van der Waals surface area (Å²) >= 11 is 7.78. The van der Waals surface area contributed by atoms with Gasteiger partial charge in [0.25, 0.3) is 0 Å². The zero-order chi connectivity index (χ0) is 22.6. The van der Waals surface area contributed by atoms with Gasteiger partial charge in [0.2, 0.25) is 10.0 Å². The Bertz CT molecular complexity index is 1300. The van der Waals surface area contributed by atoms with Crippen molar-refractivity contribution in [2.24, 2.45) is 7.05 Å². The zero-order valence-electron chi connectivity index (χ0n) is 17.2. The molecule has 1 atom stereocenters. The summed E-state index contributed by atoms with van der Waals surface area (Å²) in [6.07, 6.45) is 0. The molecule has 6 nitrogen and oxygen atoms in total. The summed E-state index contributed by atoms with van der Waals surface area (Å²) in [5.74, 6) is 0.648. The van der Waals surface area contributed by atoms with Gasteiger partial charge < -0.3 is 4.57 Å². The Morgan fingerprint density at radius 3 is 2.25 bits per heavy atom. The molecule has 0 saturated heterocycles. The van der Waals surface area contributed by atoms with E-state index in [0.717, 1.165) is 11.1 Å². The fourth-order valence-corrected chi connectivity index (χ4v) is 5.63. The highest BCUT2D eigenvalue weighted by atomic mass is 35.5. The normalized spacial score (nSPS) is 12.6. The van der Waals surface area contributed by atoms with Gasteiger partial charge in [-0.15, -0.1) is 10.2 Å². The predicted molar refractivity (Wildman–Crippen MR) is 128 cm³/mol. The van der Waals surface area contributed by atoms with Crippen molar-refractivity contribution in [3.05, 3.63) is 95.5 Å². The molecule has 1 heterocycles. The summed E-state index contributed by atoms with van der Waals surface area (Å²) in [5.41, 5.74) is 1.77. The van der Waals surface area contributed by atoms with E-state index in [9.17, 15) is 8.42 Å². The standard InChI is InChI=1S/C23H21ClN4O2S2/c1-28-22(19-14-8-9-15-20(19)24)26-27-23(28)31-21(17-10-4-2-5-11-17)16-25-32(29,30)18-12-6-3-7-13-18/h2-15,21,25H,16H2,1H3/t21-/m0/s1. The highest BCUT2D eigenvalue weighted by Crippen LogP contribution is 2.36. The van der Waals surface area contributed by atoms with E-state index in [4.69, 9.17) is 11.6 Å². The number of rotatable bonds is 8. The minimum Gasteiger partial charge on any atom is -0.305 e. The molecule has 4 rings (SSSR count). The van der Waals surface area contributed by atoms with Crippen molar-refractivity contribution in [2.45, 2.75) is 15.3 Å². The molecule has 0 aliphatic carbocycles. The third kappa shape index (κ3) is 5.05. The molecule has 3 aromatic carbocycles. The van der Waals surface area contributed by atoms with Crippen LogP contribution in [0.2, 0.25) is 5.02 Å². The second-order valence-corrected chi connectivity index (χ2v) is 10.4. The number of nitrogens with one attached hydrogen (secondary N) is 1. The van der Waals surface area contributed by atoms with Crippen molar-refractivity contribution in [3.8, 4) is 11.4 Å². The fourth-order valence-electron chi connectivity index (χ4n) is 3.19. The van der Waals surface area contributed by atoms with E-state index in [1.807, 2.05) is 66.2 Å². The fraction of sp³-hybridized carbons (Fsp3) is 0.130. The Morgan fingerprint density at radius 1 is 0.938 bits per heavy atom. The molecule has 0 radical (unpaired) electrons. The third-order valence-electron chi connectivity index (χ3n) is 4.88. The molecule has 4 aromatic rings. The zero-order valence-corrected chi connectivity index (χ0v) is 19.6. The molecule has 32 heavy (non-hydrogen) atoms. The second-order valence-electron chi connectivity index (χ2n) is 7.03. The van der Waals surface area contributed by atoms with Gasteiger partial charge >= 0.3 is 0 Å². The summed E-state index contributed by atoms with van der Waals surface area (Å²) in [5, 5.41) is 9.70. The van der Waals surface area contributed by atoms with E-state index in [-0.39, 0.29) is 16.7 Å². The maximum Gasteiger partial charge on any atom is 0.240 e. The summed E-state index contributed by atoms with van der Waals surface area (Å²) in [4.78, 5) is 0.233. The highest BCUT2D eigenvalue weighted by molar-refractivity contribution is 7.99. The maximum absolute atomic E-state index is 12.7. The van der Waals surface area contributed by atoms with Crippen LogP contribution in [0.5, 0.6) is 0 Å². The predicted octanol–water partition coefficient (Wildman–Crippen LogP) is 4.95. The number of hydrogen-bond acceptors (Lipinski definition) is 5. The van der Waals surface area contributed by atoms with E-state index in [0.29, 0.717) is 16.0 Å². The molecular formula is C23H21ClN4O2S2. The largest absolute Gasteiger partial charge is 0.305 e. The van der Waals surface area contributed by atoms with Crippen LogP contribution in [-0.4, -0.2) is 29.7 Å². The average Bonchev–Trinajstić information content (AvgIpc) is 3.18. The Morgan fingerprint density at radius 2 is 1.56 bits per heavy atom. The number of benzene rings is 3. The Kier molecular flexibility index (Phi) is 6.95. The summed E-state index contributed by atoms with van der Waals surface area (Å²) in [7, 11) is -1.76. The van der Waals surface area contributed by atoms with Crippen LogP contribution in [0.15, 0.2) is 95.0 Å². The number of aromatic nitrogens is 3. The molecule has 164 valence electrons. The lowest BCUT2D eigenvalue weighted by Crippen LogP contribution is -2.27. The van der Waals surface area contributed by atoms with Gasteiger partial charge in [-0.1, -0.05) is 84.0 Å². The molecule has 0 unspecified atom stereocenters. The van der Waals surface area contributed by atoms with Crippen molar-refractivity contribution in [2.75, 3.05) is 6.54 Å². The van der Waals surface area contributed by atoms with E-state index in [2.05, 4.69) is 14.9 Å². The van der Waals surface area contributed by atoms with Crippen LogP contribution in [0.25, 0.3) is 11.4 Å². The van der Waals surface area contributed by atoms with Crippen LogP contribution in [0.4, 0.5) is 0 Å². The molecule has 0 amide bonds. The van der Waals surface area contributed by atoms with Gasteiger partial charge in [0.05, 0.1) is 15.2 Å². The Hall–Kier alpha value is -2.65. The quantitative estimate of drug-likeness (QED) is 0.358. The van der Waals surface area contributed by atoms with Gasteiger partial charge in [0.15, 0.2) is 11.0 Å². The summed E-state index contributed by atoms with van der Waals surface area (Å²) in [6.45, 7) is 0.195. The lowest BCUT2D eigenvalue weighted by atomic mass is 10.1. The average molecular weight is 485 g/mol. The maximum atomic E-state index is 12.7. The molecule has 0 aliphatic heterocycles. The van der Waals surface area contributed by atoms with Crippen LogP contribution in [-0.2, 0) is 17.1 Å². The number of halogens is 1. The first kappa shape index (κ1) is 22.5. The Labute approximate surface area is 196 Å². The van der Waals surface area contributed by atoms with E-state index in [1.54, 1.807) is 30.3 Å². The van der Waals surface area contributed by atoms with E-state index >= 15 is 0 Å². The van der Waals surface area contributed by atoms with Gasteiger partial charge in [-0.25, -0.2) is 13.1 Å². The van der Waals surface area contributed by atoms with Gasteiger partial charge in [-0.3, -0.25) is 0 Å². The number of nitrogens with zero attached hydrogens (tertiary/aromatic N) is 3. The number of hydrogen-bond donors (Lipinski definition) is 1. The molecule has 0 fully saturated rings. The molecular weight excluding hydrogens is 464 g/mol. The number of sulfonamides is 1. The minimum atomic E-state index is -3.63. The molecule has 0 spiro atoms. The van der Waals surface area contributed by atoms with Crippen LogP contribution in [0, 0.1) is 0 Å². The first-order chi connectivity index (χ1) is 15.5. The van der Waals surface area contributed by atoms with Gasteiger partial charge in [-0.2, -0.15) is 0 Å². The van der Waals surface area contributed by atoms with Crippen LogP contribution < -0.4 is 4.72 Å². The summed E-state index contributed by atoms with van der Waals surface area (Å²) < 4.78 is 30.1. The van der Waals surface area contributed by atoms with Crippen molar-refractivity contribution in [1.29, 1.82) is 0 Å². The Balaban J connectivity index is 1.60. The van der Waals surface area contributed by atoms with Crippen LogP contribution in [0.1, 0.15) is 10.8 Å². The van der Waals surface area contributed by atoms with Gasteiger partial charge in [0, 0.05) is 19.2 Å². The molecule has 0 bridgehead atoms. The van der Waals surface area contributed by atoms with Gasteiger partial charge in [-0.05, 0) is 29.8 Å². The van der Waals surface area contributed by atoms with E-state index in [1.165, 1.54) is 11.8 Å². The topological polar surface area (TPSA) is 76.9 Å². The summed E-state index contributed by atoms with van der Waals surface area (Å²) in [6, 6.07) is 25.5. The molecule has 9 heteroatoms. The smallest absolute Gasteiger partial charge is 0.240 e. The molecule has 1 N–H and O–H groups in total. The lowest BCUT2D eigenvalue weighted by Gasteiger charge is -2.17. The third-order valence-corrected chi connectivity index (χ3v) is 7.94.